The van der Waals surface area contributed by atoms with Crippen LogP contribution >= 0.6 is 11.3 Å². The summed E-state index contributed by atoms with van der Waals surface area (Å²) in [5.41, 5.74) is 0.886. The van der Waals surface area contributed by atoms with E-state index in [4.69, 9.17) is 4.74 Å². The highest BCUT2D eigenvalue weighted by atomic mass is 32.1. The summed E-state index contributed by atoms with van der Waals surface area (Å²) in [6.45, 7) is 6.86. The molecule has 0 aliphatic carbocycles. The molecule has 2 amide bonds. The van der Waals surface area contributed by atoms with Gasteiger partial charge in [-0.25, -0.2) is 9.78 Å². The lowest BCUT2D eigenvalue weighted by Gasteiger charge is -2.31. The molecule has 1 fully saturated rings. The van der Waals surface area contributed by atoms with Crippen molar-refractivity contribution < 1.29 is 9.53 Å². The van der Waals surface area contributed by atoms with Crippen molar-refractivity contribution in [2.24, 2.45) is 5.92 Å². The zero-order chi connectivity index (χ0) is 18.9. The number of nitrogens with one attached hydrogen (secondary N) is 2. The summed E-state index contributed by atoms with van der Waals surface area (Å²) in [5.74, 6) is 1.13. The number of rotatable bonds is 8. The predicted octanol–water partition coefficient (Wildman–Crippen LogP) is 3.25. The van der Waals surface area contributed by atoms with Crippen LogP contribution in [0.4, 0.5) is 4.79 Å². The molecule has 1 aliphatic heterocycles. The number of hydrogen-bond donors (Lipinski definition) is 2. The predicted molar refractivity (Wildman–Crippen MR) is 108 cm³/mol. The van der Waals surface area contributed by atoms with E-state index in [9.17, 15) is 4.79 Å². The highest BCUT2D eigenvalue weighted by molar-refractivity contribution is 7.09. The molecular formula is C20H28N4O2S. The molecule has 0 unspecified atom stereocenters. The minimum absolute atomic E-state index is 0.137. The number of likely N-dealkylation sites (tertiary alicyclic amines) is 1. The first-order chi connectivity index (χ1) is 13.2. The van der Waals surface area contributed by atoms with Gasteiger partial charge in [-0.15, -0.1) is 11.3 Å². The van der Waals surface area contributed by atoms with Gasteiger partial charge in [-0.2, -0.15) is 0 Å². The fourth-order valence-corrected chi connectivity index (χ4v) is 4.02. The summed E-state index contributed by atoms with van der Waals surface area (Å²) >= 11 is 1.82. The van der Waals surface area contributed by atoms with Gasteiger partial charge in [0.05, 0.1) is 6.61 Å². The maximum atomic E-state index is 12.1. The Morgan fingerprint density at radius 2 is 2.15 bits per heavy atom. The Labute approximate surface area is 164 Å². The Morgan fingerprint density at radius 1 is 1.30 bits per heavy atom. The monoisotopic (exact) mass is 388 g/mol. The van der Waals surface area contributed by atoms with E-state index in [0.29, 0.717) is 24.9 Å². The number of pyridine rings is 1. The molecule has 7 heteroatoms. The molecule has 2 aromatic rings. The minimum atomic E-state index is -0.137. The van der Waals surface area contributed by atoms with E-state index in [1.165, 1.54) is 4.88 Å². The van der Waals surface area contributed by atoms with Crippen LogP contribution in [0.25, 0.3) is 0 Å². The number of amides is 2. The first kappa shape index (κ1) is 19.6. The molecule has 2 N–H and O–H groups in total. The van der Waals surface area contributed by atoms with E-state index >= 15 is 0 Å². The summed E-state index contributed by atoms with van der Waals surface area (Å²) in [5, 5.41) is 8.04. The topological polar surface area (TPSA) is 66.5 Å². The number of carbonyl (C=O) groups is 1. The van der Waals surface area contributed by atoms with Gasteiger partial charge in [0.1, 0.15) is 0 Å². The number of piperidine rings is 1. The van der Waals surface area contributed by atoms with Crippen LogP contribution in [0.15, 0.2) is 35.8 Å². The number of ether oxygens (including phenoxy) is 1. The van der Waals surface area contributed by atoms with Crippen molar-refractivity contribution in [1.29, 1.82) is 0 Å². The van der Waals surface area contributed by atoms with Crippen molar-refractivity contribution in [2.45, 2.75) is 32.9 Å². The number of carbonyl (C=O) groups excluding carboxylic acids is 1. The molecule has 3 heterocycles. The first-order valence-corrected chi connectivity index (χ1v) is 10.5. The largest absolute Gasteiger partial charge is 0.478 e. The average Bonchev–Trinajstić information content (AvgIpc) is 3.20. The average molecular weight is 389 g/mol. The lowest BCUT2D eigenvalue weighted by molar-refractivity contribution is 0.176. The molecule has 6 nitrogen and oxygen atoms in total. The van der Waals surface area contributed by atoms with Crippen LogP contribution in [0, 0.1) is 5.92 Å². The van der Waals surface area contributed by atoms with Crippen molar-refractivity contribution in [3.63, 3.8) is 0 Å². The molecule has 0 bridgehead atoms. The van der Waals surface area contributed by atoms with Gasteiger partial charge in [0.2, 0.25) is 5.88 Å². The third-order valence-electron chi connectivity index (χ3n) is 4.79. The van der Waals surface area contributed by atoms with Crippen molar-refractivity contribution in [3.8, 4) is 5.88 Å². The molecule has 1 saturated heterocycles. The van der Waals surface area contributed by atoms with E-state index in [-0.39, 0.29) is 6.03 Å². The van der Waals surface area contributed by atoms with Crippen LogP contribution in [-0.2, 0) is 13.1 Å². The third-order valence-corrected chi connectivity index (χ3v) is 5.65. The quantitative estimate of drug-likeness (QED) is 0.728. The van der Waals surface area contributed by atoms with E-state index in [0.717, 1.165) is 44.6 Å². The molecular weight excluding hydrogens is 360 g/mol. The Morgan fingerprint density at radius 3 is 2.89 bits per heavy atom. The number of nitrogens with zero attached hydrogens (tertiary/aromatic N) is 2. The second kappa shape index (κ2) is 10.3. The molecule has 146 valence electrons. The molecule has 0 aromatic carbocycles. The maximum Gasteiger partial charge on any atom is 0.315 e. The zero-order valence-corrected chi connectivity index (χ0v) is 16.6. The standard InChI is InChI=1S/C20H28N4O2S/c1-2-26-19-17(5-3-9-21-19)14-23-20(25)22-13-16-7-10-24(11-8-16)15-18-6-4-12-27-18/h3-6,9,12,16H,2,7-8,10-11,13-15H2,1H3,(H2,22,23,25). The molecule has 1 aliphatic rings. The van der Waals surface area contributed by atoms with E-state index in [1.54, 1.807) is 6.20 Å². The summed E-state index contributed by atoms with van der Waals surface area (Å²) in [6.07, 6.45) is 3.95. The zero-order valence-electron chi connectivity index (χ0n) is 15.8. The van der Waals surface area contributed by atoms with Crippen LogP contribution in [0.5, 0.6) is 5.88 Å². The second-order valence-electron chi connectivity index (χ2n) is 6.76. The van der Waals surface area contributed by atoms with Gasteiger partial charge in [0, 0.05) is 36.3 Å². The third kappa shape index (κ3) is 6.22. The SMILES string of the molecule is CCOc1ncccc1CNC(=O)NCC1CCN(Cc2cccs2)CC1. The highest BCUT2D eigenvalue weighted by Gasteiger charge is 2.20. The Bertz CT molecular complexity index is 700. The van der Waals surface area contributed by atoms with Crippen LogP contribution in [-0.4, -0.2) is 42.2 Å². The number of urea groups is 1. The minimum Gasteiger partial charge on any atom is -0.478 e. The van der Waals surface area contributed by atoms with Crippen LogP contribution in [0.2, 0.25) is 0 Å². The number of thiophene rings is 1. The fraction of sp³-hybridized carbons (Fsp3) is 0.500. The molecule has 0 radical (unpaired) electrons. The lowest BCUT2D eigenvalue weighted by Crippen LogP contribution is -2.41. The van der Waals surface area contributed by atoms with Gasteiger partial charge in [0.25, 0.3) is 0 Å². The summed E-state index contributed by atoms with van der Waals surface area (Å²) < 4.78 is 5.49. The Hall–Kier alpha value is -2.12. The number of aromatic nitrogens is 1. The van der Waals surface area contributed by atoms with E-state index in [1.807, 2.05) is 30.4 Å². The van der Waals surface area contributed by atoms with Gasteiger partial charge in [0.15, 0.2) is 0 Å². The van der Waals surface area contributed by atoms with Crippen LogP contribution in [0.1, 0.15) is 30.2 Å². The van der Waals surface area contributed by atoms with Gasteiger partial charge in [-0.3, -0.25) is 4.90 Å². The Balaban J connectivity index is 1.34. The smallest absolute Gasteiger partial charge is 0.315 e. The van der Waals surface area contributed by atoms with E-state index in [2.05, 4.69) is 38.0 Å². The molecule has 0 spiro atoms. The van der Waals surface area contributed by atoms with Crippen molar-refractivity contribution in [1.82, 2.24) is 20.5 Å². The molecule has 0 saturated carbocycles. The molecule has 0 atom stereocenters. The van der Waals surface area contributed by atoms with Gasteiger partial charge >= 0.3 is 6.03 Å². The Kier molecular flexibility index (Phi) is 7.47. The summed E-state index contributed by atoms with van der Waals surface area (Å²) in [4.78, 5) is 20.2. The van der Waals surface area contributed by atoms with Gasteiger partial charge < -0.3 is 15.4 Å². The summed E-state index contributed by atoms with van der Waals surface area (Å²) in [7, 11) is 0. The normalized spacial score (nSPS) is 15.4. The summed E-state index contributed by atoms with van der Waals surface area (Å²) in [6, 6.07) is 7.94. The molecule has 3 rings (SSSR count). The van der Waals surface area contributed by atoms with Crippen LogP contribution in [0.3, 0.4) is 0 Å². The van der Waals surface area contributed by atoms with E-state index < -0.39 is 0 Å². The van der Waals surface area contributed by atoms with Gasteiger partial charge in [-0.1, -0.05) is 12.1 Å². The molecule has 27 heavy (non-hydrogen) atoms. The van der Waals surface area contributed by atoms with Gasteiger partial charge in [-0.05, 0) is 56.3 Å². The highest BCUT2D eigenvalue weighted by Crippen LogP contribution is 2.20. The fourth-order valence-electron chi connectivity index (χ4n) is 3.27. The first-order valence-electron chi connectivity index (χ1n) is 9.57. The van der Waals surface area contributed by atoms with Crippen molar-refractivity contribution in [2.75, 3.05) is 26.2 Å². The van der Waals surface area contributed by atoms with Crippen molar-refractivity contribution >= 4 is 17.4 Å². The van der Waals surface area contributed by atoms with Crippen LogP contribution < -0.4 is 15.4 Å². The lowest BCUT2D eigenvalue weighted by atomic mass is 9.97. The maximum absolute atomic E-state index is 12.1. The second-order valence-corrected chi connectivity index (χ2v) is 7.80. The molecule has 2 aromatic heterocycles. The van der Waals surface area contributed by atoms with Crippen molar-refractivity contribution in [3.05, 3.63) is 46.3 Å². The number of hydrogen-bond acceptors (Lipinski definition) is 5.